The second-order valence-corrected chi connectivity index (χ2v) is 9.64. The lowest BCUT2D eigenvalue weighted by Gasteiger charge is -2.19. The van der Waals surface area contributed by atoms with Gasteiger partial charge in [-0.05, 0) is 43.3 Å². The molecule has 0 bridgehead atoms. The van der Waals surface area contributed by atoms with E-state index in [0.29, 0.717) is 27.2 Å². The van der Waals surface area contributed by atoms with Crippen molar-refractivity contribution in [1.82, 2.24) is 9.55 Å². The SMILES string of the molecule is CCOC(=O)c1oc2ccccc2c1CSc1nc2ccccc2c(=O)n1-c1cc(C(F)(F)F)ccc1C(F)(F)F. The highest BCUT2D eigenvalue weighted by atomic mass is 32.2. The Morgan fingerprint density at radius 3 is 2.32 bits per heavy atom. The molecule has 0 saturated carbocycles. The van der Waals surface area contributed by atoms with Crippen molar-refractivity contribution in [3.63, 3.8) is 0 Å². The van der Waals surface area contributed by atoms with Gasteiger partial charge in [-0.25, -0.2) is 9.78 Å². The maximum atomic E-state index is 14.0. The lowest BCUT2D eigenvalue weighted by molar-refractivity contribution is -0.141. The van der Waals surface area contributed by atoms with Gasteiger partial charge in [0.25, 0.3) is 5.56 Å². The minimum Gasteiger partial charge on any atom is -0.460 e. The van der Waals surface area contributed by atoms with Crippen molar-refractivity contribution in [1.29, 1.82) is 0 Å². The summed E-state index contributed by atoms with van der Waals surface area (Å²) in [6.45, 7) is 1.64. The van der Waals surface area contributed by atoms with Gasteiger partial charge in [-0.2, -0.15) is 26.3 Å². The number of aromatic nitrogens is 2. The van der Waals surface area contributed by atoms with Gasteiger partial charge in [0.1, 0.15) is 5.58 Å². The highest BCUT2D eigenvalue weighted by molar-refractivity contribution is 7.98. The van der Waals surface area contributed by atoms with Crippen molar-refractivity contribution in [2.75, 3.05) is 6.61 Å². The molecule has 5 rings (SSSR count). The average Bonchev–Trinajstić information content (AvgIpc) is 3.29. The second-order valence-electron chi connectivity index (χ2n) is 8.69. The number of nitrogens with zero attached hydrogens (tertiary/aromatic N) is 2. The molecule has 41 heavy (non-hydrogen) atoms. The molecule has 0 aliphatic carbocycles. The molecule has 212 valence electrons. The summed E-state index contributed by atoms with van der Waals surface area (Å²) in [5.41, 5.74) is -4.06. The fourth-order valence-electron chi connectivity index (χ4n) is 4.29. The van der Waals surface area contributed by atoms with E-state index in [9.17, 15) is 35.9 Å². The molecule has 0 amide bonds. The maximum Gasteiger partial charge on any atom is 0.418 e. The van der Waals surface area contributed by atoms with Gasteiger partial charge < -0.3 is 9.15 Å². The summed E-state index contributed by atoms with van der Waals surface area (Å²) >= 11 is 0.761. The Morgan fingerprint density at radius 1 is 0.951 bits per heavy atom. The number of rotatable bonds is 6. The summed E-state index contributed by atoms with van der Waals surface area (Å²) in [5, 5.41) is 0.0924. The van der Waals surface area contributed by atoms with Gasteiger partial charge in [0.05, 0.1) is 34.3 Å². The number of thioether (sulfide) groups is 1. The van der Waals surface area contributed by atoms with E-state index in [1.54, 1.807) is 37.3 Å². The van der Waals surface area contributed by atoms with Crippen LogP contribution in [0.2, 0.25) is 0 Å². The largest absolute Gasteiger partial charge is 0.460 e. The Labute approximate surface area is 231 Å². The average molecular weight is 593 g/mol. The Morgan fingerprint density at radius 2 is 1.63 bits per heavy atom. The first kappa shape index (κ1) is 28.3. The molecule has 3 aromatic carbocycles. The lowest BCUT2D eigenvalue weighted by atomic mass is 10.1. The van der Waals surface area contributed by atoms with Gasteiger partial charge in [-0.1, -0.05) is 42.1 Å². The van der Waals surface area contributed by atoms with E-state index in [1.807, 2.05) is 0 Å². The van der Waals surface area contributed by atoms with Crippen LogP contribution in [0.3, 0.4) is 0 Å². The van der Waals surface area contributed by atoms with Crippen LogP contribution in [-0.4, -0.2) is 22.1 Å². The number of ether oxygens (including phenoxy) is 1. The minimum absolute atomic E-state index is 0.0456. The predicted octanol–water partition coefficient (Wildman–Crippen LogP) is 7.64. The number of hydrogen-bond donors (Lipinski definition) is 0. The minimum atomic E-state index is -5.09. The van der Waals surface area contributed by atoms with E-state index >= 15 is 0 Å². The summed E-state index contributed by atoms with van der Waals surface area (Å²) in [6.07, 6.45) is -10.1. The third-order valence-corrected chi connectivity index (χ3v) is 7.09. The number of carbonyl (C=O) groups is 1. The summed E-state index contributed by atoms with van der Waals surface area (Å²) in [7, 11) is 0. The van der Waals surface area contributed by atoms with Crippen molar-refractivity contribution < 1.29 is 40.3 Å². The normalized spacial score (nSPS) is 12.3. The standard InChI is InChI=1S/C28H18F6N2O4S/c1-2-39-25(38)23-18(16-7-4-6-10-22(16)40-23)14-41-26-35-20-9-5-3-8-17(20)24(37)36(26)21-13-15(27(29,30)31)11-12-19(21)28(32,33)34/h3-13H,2,14H2,1H3. The number of halogens is 6. The fourth-order valence-corrected chi connectivity index (χ4v) is 5.33. The number of furan rings is 1. The van der Waals surface area contributed by atoms with E-state index < -0.39 is 40.7 Å². The first-order valence-electron chi connectivity index (χ1n) is 12.0. The maximum absolute atomic E-state index is 14.0. The van der Waals surface area contributed by atoms with Gasteiger partial charge in [0, 0.05) is 16.7 Å². The van der Waals surface area contributed by atoms with Crippen LogP contribution in [0, 0.1) is 0 Å². The van der Waals surface area contributed by atoms with Crippen LogP contribution in [0.4, 0.5) is 26.3 Å². The molecule has 2 heterocycles. The molecule has 0 saturated heterocycles. The Kier molecular flexibility index (Phi) is 7.32. The highest BCUT2D eigenvalue weighted by Crippen LogP contribution is 2.40. The molecule has 0 unspecified atom stereocenters. The molecule has 5 aromatic rings. The zero-order valence-corrected chi connectivity index (χ0v) is 21.8. The van der Waals surface area contributed by atoms with E-state index in [1.165, 1.54) is 18.2 Å². The quantitative estimate of drug-likeness (QED) is 0.0874. The number of benzene rings is 3. The van der Waals surface area contributed by atoms with Gasteiger partial charge >= 0.3 is 18.3 Å². The Hall–Kier alpha value is -4.26. The van der Waals surface area contributed by atoms with Crippen LogP contribution in [0.15, 0.2) is 81.1 Å². The molecule has 0 atom stereocenters. The predicted molar refractivity (Wildman–Crippen MR) is 139 cm³/mol. The molecule has 13 heteroatoms. The molecule has 0 aliphatic rings. The fraction of sp³-hybridized carbons (Fsp3) is 0.179. The third kappa shape index (κ3) is 5.41. The Balaban J connectivity index is 1.73. The first-order chi connectivity index (χ1) is 19.4. The molecule has 0 N–H and O–H groups in total. The van der Waals surface area contributed by atoms with Crippen LogP contribution in [-0.2, 0) is 22.8 Å². The van der Waals surface area contributed by atoms with Gasteiger partial charge in [0.15, 0.2) is 5.16 Å². The van der Waals surface area contributed by atoms with E-state index in [0.717, 1.165) is 11.8 Å². The van der Waals surface area contributed by atoms with Crippen molar-refractivity contribution in [2.24, 2.45) is 0 Å². The number of esters is 1. The Bertz CT molecular complexity index is 1840. The molecule has 0 fully saturated rings. The monoisotopic (exact) mass is 592 g/mol. The second kappa shape index (κ2) is 10.6. The smallest absolute Gasteiger partial charge is 0.418 e. The molecular weight excluding hydrogens is 574 g/mol. The van der Waals surface area contributed by atoms with Crippen LogP contribution < -0.4 is 5.56 Å². The molecule has 6 nitrogen and oxygen atoms in total. The van der Waals surface area contributed by atoms with E-state index in [-0.39, 0.29) is 46.3 Å². The van der Waals surface area contributed by atoms with Crippen molar-refractivity contribution >= 4 is 39.6 Å². The molecule has 2 aromatic heterocycles. The highest BCUT2D eigenvalue weighted by Gasteiger charge is 2.38. The van der Waals surface area contributed by atoms with Gasteiger partial charge in [-0.15, -0.1) is 0 Å². The van der Waals surface area contributed by atoms with Crippen molar-refractivity contribution in [2.45, 2.75) is 30.2 Å². The summed E-state index contributed by atoms with van der Waals surface area (Å²) < 4.78 is 94.2. The van der Waals surface area contributed by atoms with Gasteiger partial charge in [0.2, 0.25) is 5.76 Å². The van der Waals surface area contributed by atoms with E-state index in [2.05, 4.69) is 4.98 Å². The summed E-state index contributed by atoms with van der Waals surface area (Å²) in [5.74, 6) is -1.07. The molecular formula is C28H18F6N2O4S. The van der Waals surface area contributed by atoms with Crippen LogP contribution in [0.5, 0.6) is 0 Å². The zero-order valence-electron chi connectivity index (χ0n) is 21.0. The number of hydrogen-bond acceptors (Lipinski definition) is 6. The summed E-state index contributed by atoms with van der Waals surface area (Å²) in [4.78, 5) is 30.6. The lowest BCUT2D eigenvalue weighted by Crippen LogP contribution is -2.25. The number of fused-ring (bicyclic) bond motifs is 2. The summed E-state index contributed by atoms with van der Waals surface area (Å²) in [6, 6.07) is 13.3. The number of carbonyl (C=O) groups excluding carboxylic acids is 1. The van der Waals surface area contributed by atoms with Crippen molar-refractivity contribution in [3.05, 3.63) is 99.5 Å². The zero-order chi connectivity index (χ0) is 29.5. The molecule has 0 aliphatic heterocycles. The van der Waals surface area contributed by atoms with Gasteiger partial charge in [-0.3, -0.25) is 9.36 Å². The number of para-hydroxylation sites is 2. The van der Waals surface area contributed by atoms with E-state index in [4.69, 9.17) is 9.15 Å². The first-order valence-corrected chi connectivity index (χ1v) is 13.0. The van der Waals surface area contributed by atoms with Crippen LogP contribution >= 0.6 is 11.8 Å². The number of alkyl halides is 6. The third-order valence-electron chi connectivity index (χ3n) is 6.12. The van der Waals surface area contributed by atoms with Crippen LogP contribution in [0.25, 0.3) is 27.6 Å². The van der Waals surface area contributed by atoms with Crippen molar-refractivity contribution in [3.8, 4) is 5.69 Å². The van der Waals surface area contributed by atoms with Crippen LogP contribution in [0.1, 0.15) is 34.2 Å². The molecule has 0 spiro atoms. The molecule has 0 radical (unpaired) electrons. The topological polar surface area (TPSA) is 74.3 Å².